The summed E-state index contributed by atoms with van der Waals surface area (Å²) in [5.41, 5.74) is 11.8. The van der Waals surface area contributed by atoms with Crippen LogP contribution in [0.15, 0.2) is 132 Å². The summed E-state index contributed by atoms with van der Waals surface area (Å²) in [7, 11) is 0. The summed E-state index contributed by atoms with van der Waals surface area (Å²) in [5, 5.41) is 12.4. The summed E-state index contributed by atoms with van der Waals surface area (Å²) in [6.45, 7) is 0. The van der Waals surface area contributed by atoms with Crippen LogP contribution in [-0.4, -0.2) is 14.5 Å². The average molecular weight is 591 g/mol. The van der Waals surface area contributed by atoms with Gasteiger partial charge in [0.15, 0.2) is 11.4 Å². The van der Waals surface area contributed by atoms with Gasteiger partial charge in [0.05, 0.1) is 22.5 Å². The number of nitrogens with zero attached hydrogens (tertiary/aromatic N) is 4. The number of allylic oxidation sites excluding steroid dienone is 1. The minimum atomic E-state index is 0.591. The Morgan fingerprint density at radius 1 is 0.739 bits per heavy atom. The Kier molecular flexibility index (Phi) is 5.94. The highest BCUT2D eigenvalue weighted by molar-refractivity contribution is 6.13. The fraction of sp³-hybridized carbons (Fsp3) is 0.0488. The molecule has 0 unspecified atom stereocenters. The molecule has 8 aromatic rings. The van der Waals surface area contributed by atoms with Gasteiger partial charge in [0.25, 0.3) is 0 Å². The molecule has 0 saturated carbocycles. The highest BCUT2D eigenvalue weighted by Crippen LogP contribution is 2.41. The van der Waals surface area contributed by atoms with Crippen molar-refractivity contribution in [3.05, 3.63) is 144 Å². The van der Waals surface area contributed by atoms with Crippen LogP contribution in [0.3, 0.4) is 0 Å². The first-order valence-corrected chi connectivity index (χ1v) is 15.5. The Morgan fingerprint density at radius 3 is 2.35 bits per heavy atom. The molecule has 0 fully saturated rings. The van der Waals surface area contributed by atoms with E-state index in [0.29, 0.717) is 17.0 Å². The molecule has 3 aromatic heterocycles. The van der Waals surface area contributed by atoms with E-state index in [-0.39, 0.29) is 0 Å². The van der Waals surface area contributed by atoms with E-state index < -0.39 is 0 Å². The van der Waals surface area contributed by atoms with Crippen molar-refractivity contribution in [1.82, 2.24) is 14.5 Å². The van der Waals surface area contributed by atoms with Crippen LogP contribution >= 0.6 is 0 Å². The van der Waals surface area contributed by atoms with Crippen LogP contribution < -0.4 is 0 Å². The topological polar surface area (TPSA) is 67.6 Å². The van der Waals surface area contributed by atoms with Gasteiger partial charge in [0.2, 0.25) is 0 Å². The minimum absolute atomic E-state index is 0.591. The van der Waals surface area contributed by atoms with Crippen molar-refractivity contribution in [2.75, 3.05) is 0 Å². The van der Waals surface area contributed by atoms with Gasteiger partial charge in [-0.05, 0) is 65.9 Å². The summed E-state index contributed by atoms with van der Waals surface area (Å²) in [4.78, 5) is 10.2. The Bertz CT molecular complexity index is 2530. The van der Waals surface area contributed by atoms with Crippen molar-refractivity contribution in [3.8, 4) is 45.5 Å². The van der Waals surface area contributed by atoms with Crippen LogP contribution in [0, 0.1) is 11.3 Å². The second-order valence-corrected chi connectivity index (χ2v) is 11.6. The Morgan fingerprint density at radius 2 is 1.52 bits per heavy atom. The number of nitriles is 1. The molecular formula is C41H26N4O. The molecule has 1 aliphatic rings. The van der Waals surface area contributed by atoms with Crippen LogP contribution in [0.4, 0.5) is 0 Å². The largest absolute Gasteiger partial charge is 0.452 e. The molecule has 0 bridgehead atoms. The second kappa shape index (κ2) is 10.4. The fourth-order valence-corrected chi connectivity index (χ4v) is 6.86. The molecule has 0 amide bonds. The van der Waals surface area contributed by atoms with E-state index in [4.69, 9.17) is 14.4 Å². The normalized spacial score (nSPS) is 12.5. The van der Waals surface area contributed by atoms with Crippen LogP contribution in [0.25, 0.3) is 78.5 Å². The fourth-order valence-electron chi connectivity index (χ4n) is 6.86. The molecule has 0 N–H and O–H groups in total. The molecule has 0 saturated heterocycles. The number of fused-ring (bicyclic) bond motifs is 6. The Hall–Kier alpha value is -6.25. The van der Waals surface area contributed by atoms with Crippen molar-refractivity contribution in [2.24, 2.45) is 0 Å². The number of para-hydroxylation sites is 1. The third kappa shape index (κ3) is 4.08. The predicted molar refractivity (Wildman–Crippen MR) is 185 cm³/mol. The van der Waals surface area contributed by atoms with E-state index in [1.165, 1.54) is 16.6 Å². The highest BCUT2D eigenvalue weighted by atomic mass is 16.3. The molecule has 0 spiro atoms. The molecule has 0 radical (unpaired) electrons. The van der Waals surface area contributed by atoms with Gasteiger partial charge in [0, 0.05) is 27.9 Å². The number of rotatable bonds is 4. The zero-order valence-electron chi connectivity index (χ0n) is 24.8. The summed E-state index contributed by atoms with van der Waals surface area (Å²) in [5.74, 6) is 0.633. The standard InChI is InChI=1S/C41H26N4O/c42-25-26-22-29(24-30(23-26)45-34-19-9-7-16-32(34)33-17-8-10-20-35(33)45)31-18-11-21-36-37(31)39-40(46-36)38(27-12-3-1-4-13-27)43-41(44-39)28-14-5-2-6-15-28/h1-7,9-16,18-24H,8,17H2. The summed E-state index contributed by atoms with van der Waals surface area (Å²) >= 11 is 0. The number of hydrogen-bond acceptors (Lipinski definition) is 4. The van der Waals surface area contributed by atoms with Crippen molar-refractivity contribution < 1.29 is 4.42 Å². The molecular weight excluding hydrogens is 564 g/mol. The molecule has 0 aliphatic heterocycles. The van der Waals surface area contributed by atoms with Gasteiger partial charge in [0.1, 0.15) is 16.8 Å². The maximum atomic E-state index is 10.2. The average Bonchev–Trinajstić information content (AvgIpc) is 3.68. The van der Waals surface area contributed by atoms with Crippen molar-refractivity contribution in [2.45, 2.75) is 12.8 Å². The van der Waals surface area contributed by atoms with Gasteiger partial charge >= 0.3 is 0 Å². The van der Waals surface area contributed by atoms with Gasteiger partial charge in [-0.3, -0.25) is 0 Å². The highest BCUT2D eigenvalue weighted by Gasteiger charge is 2.22. The quantitative estimate of drug-likeness (QED) is 0.205. The summed E-state index contributed by atoms with van der Waals surface area (Å²) < 4.78 is 8.87. The monoisotopic (exact) mass is 590 g/mol. The number of hydrogen-bond donors (Lipinski definition) is 0. The summed E-state index contributed by atoms with van der Waals surface area (Å²) in [6, 6.07) is 43.3. The maximum absolute atomic E-state index is 10.2. The lowest BCUT2D eigenvalue weighted by molar-refractivity contribution is 0.667. The first-order valence-electron chi connectivity index (χ1n) is 15.5. The predicted octanol–water partition coefficient (Wildman–Crippen LogP) is 10.2. The van der Waals surface area contributed by atoms with E-state index in [1.807, 2.05) is 84.9 Å². The Balaban J connectivity index is 1.33. The third-order valence-electron chi connectivity index (χ3n) is 8.89. The van der Waals surface area contributed by atoms with Crippen LogP contribution in [-0.2, 0) is 6.42 Å². The molecule has 0 atom stereocenters. The van der Waals surface area contributed by atoms with Crippen molar-refractivity contribution in [3.63, 3.8) is 0 Å². The molecule has 9 rings (SSSR count). The van der Waals surface area contributed by atoms with Gasteiger partial charge in [-0.2, -0.15) is 5.26 Å². The number of aromatic nitrogens is 3. The lowest BCUT2D eigenvalue weighted by Gasteiger charge is -2.14. The van der Waals surface area contributed by atoms with Gasteiger partial charge in [-0.1, -0.05) is 97.1 Å². The molecule has 5 heteroatoms. The van der Waals surface area contributed by atoms with E-state index in [9.17, 15) is 5.26 Å². The first-order chi connectivity index (χ1) is 22.8. The SMILES string of the molecule is N#Cc1cc(-c2cccc3oc4c(-c5ccccc5)nc(-c5ccccc5)nc4c23)cc(-n2c3c(c4ccccc42)CCC=C3)c1. The van der Waals surface area contributed by atoms with Crippen LogP contribution in [0.5, 0.6) is 0 Å². The zero-order chi connectivity index (χ0) is 30.6. The van der Waals surface area contributed by atoms with Gasteiger partial charge < -0.3 is 8.98 Å². The first kappa shape index (κ1) is 26.2. The Labute approximate surface area is 265 Å². The second-order valence-electron chi connectivity index (χ2n) is 11.6. The molecule has 216 valence electrons. The lowest BCUT2D eigenvalue weighted by Crippen LogP contribution is -2.01. The minimum Gasteiger partial charge on any atom is -0.452 e. The maximum Gasteiger partial charge on any atom is 0.180 e. The van der Waals surface area contributed by atoms with Crippen molar-refractivity contribution in [1.29, 1.82) is 5.26 Å². The molecule has 3 heterocycles. The summed E-state index contributed by atoms with van der Waals surface area (Å²) in [6.07, 6.45) is 6.48. The molecule has 5 nitrogen and oxygen atoms in total. The van der Waals surface area contributed by atoms with Crippen LogP contribution in [0.1, 0.15) is 23.2 Å². The zero-order valence-corrected chi connectivity index (χ0v) is 24.8. The van der Waals surface area contributed by atoms with Crippen LogP contribution in [0.2, 0.25) is 0 Å². The molecule has 5 aromatic carbocycles. The van der Waals surface area contributed by atoms with Gasteiger partial charge in [-0.25, -0.2) is 9.97 Å². The van der Waals surface area contributed by atoms with E-state index in [2.05, 4.69) is 59.2 Å². The van der Waals surface area contributed by atoms with Crippen molar-refractivity contribution >= 4 is 39.0 Å². The number of furan rings is 1. The number of aryl methyl sites for hydroxylation is 1. The van der Waals surface area contributed by atoms with E-state index in [1.54, 1.807) is 0 Å². The smallest absolute Gasteiger partial charge is 0.180 e. The van der Waals surface area contributed by atoms with Gasteiger partial charge in [-0.15, -0.1) is 0 Å². The third-order valence-corrected chi connectivity index (χ3v) is 8.89. The number of benzene rings is 5. The lowest BCUT2D eigenvalue weighted by atomic mass is 9.98. The van der Waals surface area contributed by atoms with E-state index >= 15 is 0 Å². The van der Waals surface area contributed by atoms with E-state index in [0.717, 1.165) is 68.5 Å². The molecule has 46 heavy (non-hydrogen) atoms. The molecule has 1 aliphatic carbocycles.